The molecule has 0 unspecified atom stereocenters. The van der Waals surface area contributed by atoms with Crippen molar-refractivity contribution in [1.82, 2.24) is 0 Å². The molecule has 1 aromatic carbocycles. The minimum absolute atomic E-state index is 0.122. The zero-order valence-electron chi connectivity index (χ0n) is 9.80. The molecule has 1 heterocycles. The Morgan fingerprint density at radius 3 is 2.67 bits per heavy atom. The molecule has 1 aliphatic heterocycles. The summed E-state index contributed by atoms with van der Waals surface area (Å²) in [7, 11) is 0. The number of carbonyl (C=O) groups is 2. The van der Waals surface area contributed by atoms with Crippen molar-refractivity contribution in [2.45, 2.75) is 25.0 Å². The molecule has 1 aliphatic rings. The first kappa shape index (κ1) is 12.6. The number of esters is 1. The fourth-order valence-corrected chi connectivity index (χ4v) is 1.85. The number of hydrogen-bond acceptors (Lipinski definition) is 4. The SMILES string of the molecule is O=C1CC[C@@](COCc2ccccc2)(C(=O)O)O1. The van der Waals surface area contributed by atoms with Crippen LogP contribution >= 0.6 is 0 Å². The molecule has 0 aliphatic carbocycles. The van der Waals surface area contributed by atoms with Crippen molar-refractivity contribution in [2.24, 2.45) is 0 Å². The molecule has 1 aromatic rings. The van der Waals surface area contributed by atoms with Crippen LogP contribution in [0.4, 0.5) is 0 Å². The van der Waals surface area contributed by atoms with Gasteiger partial charge in [-0.15, -0.1) is 0 Å². The Morgan fingerprint density at radius 1 is 1.39 bits per heavy atom. The van der Waals surface area contributed by atoms with Gasteiger partial charge in [-0.1, -0.05) is 30.3 Å². The molecule has 0 bridgehead atoms. The Hall–Kier alpha value is -1.88. The van der Waals surface area contributed by atoms with E-state index in [4.69, 9.17) is 14.6 Å². The summed E-state index contributed by atoms with van der Waals surface area (Å²) in [5.74, 6) is -1.64. The number of rotatable bonds is 5. The van der Waals surface area contributed by atoms with E-state index in [1.807, 2.05) is 30.3 Å². The fraction of sp³-hybridized carbons (Fsp3) is 0.385. The van der Waals surface area contributed by atoms with E-state index in [0.717, 1.165) is 5.56 Å². The second kappa shape index (κ2) is 5.18. The summed E-state index contributed by atoms with van der Waals surface area (Å²) in [4.78, 5) is 22.2. The van der Waals surface area contributed by atoms with E-state index in [1.165, 1.54) is 0 Å². The molecular weight excluding hydrogens is 236 g/mol. The standard InChI is InChI=1S/C13H14O5/c14-11-6-7-13(18-11,12(15)16)9-17-8-10-4-2-1-3-5-10/h1-5H,6-9H2,(H,15,16)/t13-/m1/s1. The third kappa shape index (κ3) is 2.68. The molecule has 1 atom stereocenters. The molecule has 1 fully saturated rings. The van der Waals surface area contributed by atoms with E-state index in [1.54, 1.807) is 0 Å². The summed E-state index contributed by atoms with van der Waals surface area (Å²) in [6, 6.07) is 9.41. The molecule has 0 saturated carbocycles. The van der Waals surface area contributed by atoms with Crippen LogP contribution in [-0.2, 0) is 25.7 Å². The maximum Gasteiger partial charge on any atom is 0.350 e. The van der Waals surface area contributed by atoms with Gasteiger partial charge in [0.15, 0.2) is 0 Å². The smallest absolute Gasteiger partial charge is 0.350 e. The average molecular weight is 250 g/mol. The quantitative estimate of drug-likeness (QED) is 0.799. The van der Waals surface area contributed by atoms with E-state index in [9.17, 15) is 9.59 Å². The lowest BCUT2D eigenvalue weighted by molar-refractivity contribution is -0.176. The summed E-state index contributed by atoms with van der Waals surface area (Å²) < 4.78 is 10.2. The molecular formula is C13H14O5. The highest BCUT2D eigenvalue weighted by Crippen LogP contribution is 2.27. The number of carboxylic acids is 1. The molecule has 0 aromatic heterocycles. The van der Waals surface area contributed by atoms with Crippen LogP contribution in [0, 0.1) is 0 Å². The predicted molar refractivity (Wildman–Crippen MR) is 61.8 cm³/mol. The maximum atomic E-state index is 11.2. The Balaban J connectivity index is 1.91. The second-order valence-corrected chi connectivity index (χ2v) is 4.25. The monoisotopic (exact) mass is 250 g/mol. The first-order valence-corrected chi connectivity index (χ1v) is 5.69. The number of ether oxygens (including phenoxy) is 2. The number of carboxylic acid groups (broad SMARTS) is 1. The molecule has 0 spiro atoms. The highest BCUT2D eigenvalue weighted by Gasteiger charge is 2.47. The van der Waals surface area contributed by atoms with Crippen LogP contribution in [-0.4, -0.2) is 29.3 Å². The van der Waals surface area contributed by atoms with Crippen LogP contribution in [0.25, 0.3) is 0 Å². The normalized spacial score (nSPS) is 22.8. The molecule has 18 heavy (non-hydrogen) atoms. The van der Waals surface area contributed by atoms with Gasteiger partial charge in [0, 0.05) is 6.42 Å². The molecule has 1 N–H and O–H groups in total. The number of hydrogen-bond donors (Lipinski definition) is 1. The van der Waals surface area contributed by atoms with E-state index < -0.39 is 17.5 Å². The van der Waals surface area contributed by atoms with Crippen molar-refractivity contribution < 1.29 is 24.2 Å². The van der Waals surface area contributed by atoms with Gasteiger partial charge in [-0.2, -0.15) is 0 Å². The van der Waals surface area contributed by atoms with Gasteiger partial charge >= 0.3 is 11.9 Å². The van der Waals surface area contributed by atoms with E-state index >= 15 is 0 Å². The third-order valence-corrected chi connectivity index (χ3v) is 2.88. The largest absolute Gasteiger partial charge is 0.478 e. The minimum atomic E-state index is -1.51. The first-order chi connectivity index (χ1) is 8.62. The van der Waals surface area contributed by atoms with Crippen molar-refractivity contribution in [3.63, 3.8) is 0 Å². The van der Waals surface area contributed by atoms with E-state index in [2.05, 4.69) is 0 Å². The Kier molecular flexibility index (Phi) is 3.62. The highest BCUT2D eigenvalue weighted by atomic mass is 16.6. The molecule has 5 heteroatoms. The van der Waals surface area contributed by atoms with Crippen LogP contribution in [0.2, 0.25) is 0 Å². The molecule has 96 valence electrons. The number of benzene rings is 1. The number of aliphatic carboxylic acids is 1. The molecule has 0 amide bonds. The Labute approximate surface area is 104 Å². The average Bonchev–Trinajstić information content (AvgIpc) is 2.74. The lowest BCUT2D eigenvalue weighted by Crippen LogP contribution is -2.43. The second-order valence-electron chi connectivity index (χ2n) is 4.25. The first-order valence-electron chi connectivity index (χ1n) is 5.69. The summed E-state index contributed by atoms with van der Waals surface area (Å²) in [6.45, 7) is 0.177. The molecule has 2 rings (SSSR count). The van der Waals surface area contributed by atoms with Gasteiger partial charge in [-0.3, -0.25) is 4.79 Å². The van der Waals surface area contributed by atoms with Gasteiger partial charge < -0.3 is 14.6 Å². The van der Waals surface area contributed by atoms with Gasteiger partial charge in [-0.05, 0) is 5.56 Å². The van der Waals surface area contributed by atoms with Crippen molar-refractivity contribution >= 4 is 11.9 Å². The summed E-state index contributed by atoms with van der Waals surface area (Å²) >= 11 is 0. The highest BCUT2D eigenvalue weighted by molar-refractivity contribution is 5.85. The topological polar surface area (TPSA) is 72.8 Å². The van der Waals surface area contributed by atoms with Gasteiger partial charge in [0.25, 0.3) is 0 Å². The Morgan fingerprint density at radius 2 is 2.11 bits per heavy atom. The summed E-state index contributed by atoms with van der Waals surface area (Å²) in [5, 5.41) is 9.12. The maximum absolute atomic E-state index is 11.2. The van der Waals surface area contributed by atoms with Crippen molar-refractivity contribution in [2.75, 3.05) is 6.61 Å². The van der Waals surface area contributed by atoms with Crippen LogP contribution < -0.4 is 0 Å². The lowest BCUT2D eigenvalue weighted by Gasteiger charge is -2.22. The van der Waals surface area contributed by atoms with Gasteiger partial charge in [0.1, 0.15) is 0 Å². The van der Waals surface area contributed by atoms with Crippen molar-refractivity contribution in [3.8, 4) is 0 Å². The van der Waals surface area contributed by atoms with Crippen LogP contribution in [0.5, 0.6) is 0 Å². The third-order valence-electron chi connectivity index (χ3n) is 2.88. The minimum Gasteiger partial charge on any atom is -0.478 e. The van der Waals surface area contributed by atoms with Crippen molar-refractivity contribution in [3.05, 3.63) is 35.9 Å². The van der Waals surface area contributed by atoms with Gasteiger partial charge in [-0.25, -0.2) is 4.79 Å². The zero-order valence-corrected chi connectivity index (χ0v) is 9.80. The van der Waals surface area contributed by atoms with E-state index in [-0.39, 0.29) is 19.4 Å². The zero-order chi connectivity index (χ0) is 13.0. The number of cyclic esters (lactones) is 1. The van der Waals surface area contributed by atoms with Crippen molar-refractivity contribution in [1.29, 1.82) is 0 Å². The molecule has 1 saturated heterocycles. The molecule has 0 radical (unpaired) electrons. The molecule has 5 nitrogen and oxygen atoms in total. The summed E-state index contributed by atoms with van der Waals surface area (Å²) in [6.07, 6.45) is 0.289. The number of carbonyl (C=O) groups excluding carboxylic acids is 1. The Bertz CT molecular complexity index is 442. The van der Waals surface area contributed by atoms with Crippen LogP contribution in [0.15, 0.2) is 30.3 Å². The predicted octanol–water partition coefficient (Wildman–Crippen LogP) is 1.36. The van der Waals surface area contributed by atoms with Gasteiger partial charge in [0.2, 0.25) is 5.60 Å². The van der Waals surface area contributed by atoms with Crippen LogP contribution in [0.1, 0.15) is 18.4 Å². The fourth-order valence-electron chi connectivity index (χ4n) is 1.85. The van der Waals surface area contributed by atoms with Gasteiger partial charge in [0.05, 0.1) is 19.6 Å². The summed E-state index contributed by atoms with van der Waals surface area (Å²) in [5.41, 5.74) is -0.561. The van der Waals surface area contributed by atoms with E-state index in [0.29, 0.717) is 6.61 Å². The lowest BCUT2D eigenvalue weighted by atomic mass is 10.0. The van der Waals surface area contributed by atoms with Crippen LogP contribution in [0.3, 0.4) is 0 Å².